The summed E-state index contributed by atoms with van der Waals surface area (Å²) in [5, 5.41) is 6.97. The lowest BCUT2D eigenvalue weighted by atomic mass is 10.3. The summed E-state index contributed by atoms with van der Waals surface area (Å²) >= 11 is 0. The van der Waals surface area contributed by atoms with Crippen molar-refractivity contribution >= 4 is 6.09 Å². The third-order valence-corrected chi connectivity index (χ3v) is 2.54. The number of pyridine rings is 1. The van der Waals surface area contributed by atoms with Crippen molar-refractivity contribution in [3.63, 3.8) is 0 Å². The third kappa shape index (κ3) is 2.87. The predicted octanol–water partition coefficient (Wildman–Crippen LogP) is 1.39. The van der Waals surface area contributed by atoms with Crippen LogP contribution in [0.3, 0.4) is 0 Å². The van der Waals surface area contributed by atoms with Crippen LogP contribution in [0.15, 0.2) is 24.5 Å². The van der Waals surface area contributed by atoms with Crippen molar-refractivity contribution in [2.75, 3.05) is 7.11 Å². The van der Waals surface area contributed by atoms with E-state index in [-0.39, 0.29) is 6.04 Å². The van der Waals surface area contributed by atoms with E-state index in [0.29, 0.717) is 11.6 Å². The van der Waals surface area contributed by atoms with Crippen LogP contribution < -0.4 is 5.32 Å². The molecule has 0 bridgehead atoms. The maximum absolute atomic E-state index is 11.2. The van der Waals surface area contributed by atoms with Crippen molar-refractivity contribution in [2.24, 2.45) is 0 Å². The summed E-state index contributed by atoms with van der Waals surface area (Å²) in [6.07, 6.45) is 2.86. The normalized spacial score (nSPS) is 11.9. The van der Waals surface area contributed by atoms with Gasteiger partial charge in [-0.2, -0.15) is 5.10 Å². The zero-order valence-corrected chi connectivity index (χ0v) is 11.0. The number of nitrogens with zero attached hydrogens (tertiary/aromatic N) is 4. The number of carbonyl (C=O) groups excluding carboxylic acids is 1. The first-order valence-electron chi connectivity index (χ1n) is 5.80. The van der Waals surface area contributed by atoms with Crippen LogP contribution in [0.1, 0.15) is 24.6 Å². The van der Waals surface area contributed by atoms with Gasteiger partial charge >= 0.3 is 6.09 Å². The Morgan fingerprint density at radius 1 is 1.53 bits per heavy atom. The zero-order chi connectivity index (χ0) is 13.8. The fraction of sp³-hybridized carbons (Fsp3) is 0.333. The van der Waals surface area contributed by atoms with E-state index < -0.39 is 6.09 Å². The minimum absolute atomic E-state index is 0.325. The van der Waals surface area contributed by atoms with Gasteiger partial charge in [-0.25, -0.2) is 14.5 Å². The average molecular weight is 261 g/mol. The molecule has 0 aliphatic heterocycles. The second-order valence-corrected chi connectivity index (χ2v) is 4.00. The quantitative estimate of drug-likeness (QED) is 0.902. The van der Waals surface area contributed by atoms with E-state index in [1.165, 1.54) is 7.11 Å². The number of rotatable bonds is 3. The number of ether oxygens (including phenoxy) is 1. The number of alkyl carbamates (subject to hydrolysis) is 1. The molecule has 7 heteroatoms. The average Bonchev–Trinajstić information content (AvgIpc) is 2.82. The number of carbonyl (C=O) groups is 1. The van der Waals surface area contributed by atoms with Gasteiger partial charge in [0.15, 0.2) is 5.82 Å². The highest BCUT2D eigenvalue weighted by Gasteiger charge is 2.18. The topological polar surface area (TPSA) is 81.9 Å². The van der Waals surface area contributed by atoms with Crippen LogP contribution >= 0.6 is 0 Å². The molecule has 7 nitrogen and oxygen atoms in total. The third-order valence-electron chi connectivity index (χ3n) is 2.54. The summed E-state index contributed by atoms with van der Waals surface area (Å²) in [6.45, 7) is 3.61. The van der Waals surface area contributed by atoms with Gasteiger partial charge in [-0.15, -0.1) is 0 Å². The highest BCUT2D eigenvalue weighted by Crippen LogP contribution is 2.15. The van der Waals surface area contributed by atoms with Crippen LogP contribution in [0.25, 0.3) is 5.69 Å². The second kappa shape index (κ2) is 5.47. The van der Waals surface area contributed by atoms with E-state index in [1.54, 1.807) is 24.0 Å². The summed E-state index contributed by atoms with van der Waals surface area (Å²) in [5.41, 5.74) is 0.789. The van der Waals surface area contributed by atoms with E-state index in [0.717, 1.165) is 5.69 Å². The SMILES string of the molecule is COC(=O)NC(C)c1nc(C)nn1-c1cccnc1. The van der Waals surface area contributed by atoms with E-state index in [9.17, 15) is 4.79 Å². The van der Waals surface area contributed by atoms with Gasteiger partial charge in [0.05, 0.1) is 25.0 Å². The van der Waals surface area contributed by atoms with Crippen LogP contribution in [0.2, 0.25) is 0 Å². The molecule has 0 aromatic carbocycles. The monoisotopic (exact) mass is 261 g/mol. The molecule has 0 aliphatic rings. The van der Waals surface area contributed by atoms with Crippen LogP contribution in [0, 0.1) is 6.92 Å². The maximum atomic E-state index is 11.2. The number of aryl methyl sites for hydroxylation is 1. The molecular formula is C12H15N5O2. The molecule has 0 spiro atoms. The number of amides is 1. The van der Waals surface area contributed by atoms with Crippen LogP contribution in [-0.4, -0.2) is 33.0 Å². The molecule has 2 aromatic heterocycles. The molecule has 0 radical (unpaired) electrons. The van der Waals surface area contributed by atoms with Gasteiger partial charge in [0, 0.05) is 6.20 Å². The molecule has 2 heterocycles. The lowest BCUT2D eigenvalue weighted by Gasteiger charge is -2.13. The van der Waals surface area contributed by atoms with E-state index in [2.05, 4.69) is 25.1 Å². The Morgan fingerprint density at radius 3 is 2.95 bits per heavy atom. The molecule has 1 unspecified atom stereocenters. The molecule has 2 aromatic rings. The molecule has 100 valence electrons. The van der Waals surface area contributed by atoms with Crippen molar-refractivity contribution in [3.8, 4) is 5.69 Å². The molecule has 1 amide bonds. The van der Waals surface area contributed by atoms with Crippen LogP contribution in [-0.2, 0) is 4.74 Å². The number of methoxy groups -OCH3 is 1. The maximum Gasteiger partial charge on any atom is 0.407 e. The fourth-order valence-electron chi connectivity index (χ4n) is 1.68. The van der Waals surface area contributed by atoms with Gasteiger partial charge < -0.3 is 10.1 Å². The Kier molecular flexibility index (Phi) is 3.74. The van der Waals surface area contributed by atoms with Crippen molar-refractivity contribution < 1.29 is 9.53 Å². The Morgan fingerprint density at radius 2 is 2.32 bits per heavy atom. The van der Waals surface area contributed by atoms with E-state index in [1.807, 2.05) is 19.1 Å². The van der Waals surface area contributed by atoms with E-state index in [4.69, 9.17) is 0 Å². The van der Waals surface area contributed by atoms with Crippen LogP contribution in [0.5, 0.6) is 0 Å². The summed E-state index contributed by atoms with van der Waals surface area (Å²) < 4.78 is 6.23. The first kappa shape index (κ1) is 13.0. The predicted molar refractivity (Wildman–Crippen MR) is 67.8 cm³/mol. The first-order valence-corrected chi connectivity index (χ1v) is 5.80. The highest BCUT2D eigenvalue weighted by molar-refractivity contribution is 5.67. The standard InChI is InChI=1S/C12H15N5O2/c1-8(14-12(18)19-3)11-15-9(2)16-17(11)10-5-4-6-13-7-10/h4-8H,1-3H3,(H,14,18). The molecule has 1 atom stereocenters. The molecule has 19 heavy (non-hydrogen) atoms. The van der Waals surface area contributed by atoms with Gasteiger partial charge in [0.2, 0.25) is 0 Å². The smallest absolute Gasteiger partial charge is 0.407 e. The zero-order valence-electron chi connectivity index (χ0n) is 11.0. The lowest BCUT2D eigenvalue weighted by molar-refractivity contribution is 0.167. The second-order valence-electron chi connectivity index (χ2n) is 4.00. The largest absolute Gasteiger partial charge is 0.453 e. The van der Waals surface area contributed by atoms with Gasteiger partial charge in [0.1, 0.15) is 5.82 Å². The first-order chi connectivity index (χ1) is 9.11. The van der Waals surface area contributed by atoms with Crippen molar-refractivity contribution in [1.82, 2.24) is 25.1 Å². The Labute approximate surface area is 110 Å². The summed E-state index contributed by atoms with van der Waals surface area (Å²) in [7, 11) is 1.32. The number of hydrogen-bond acceptors (Lipinski definition) is 5. The van der Waals surface area contributed by atoms with Gasteiger partial charge in [-0.3, -0.25) is 4.98 Å². The minimum atomic E-state index is -0.508. The van der Waals surface area contributed by atoms with Crippen molar-refractivity contribution in [3.05, 3.63) is 36.2 Å². The minimum Gasteiger partial charge on any atom is -0.453 e. The molecule has 0 aliphatic carbocycles. The summed E-state index contributed by atoms with van der Waals surface area (Å²) in [5.74, 6) is 1.24. The Bertz CT molecular complexity index is 567. The van der Waals surface area contributed by atoms with Crippen LogP contribution in [0.4, 0.5) is 4.79 Å². The molecule has 0 saturated heterocycles. The molecule has 0 fully saturated rings. The van der Waals surface area contributed by atoms with Crippen molar-refractivity contribution in [1.29, 1.82) is 0 Å². The Balaban J connectivity index is 2.33. The van der Waals surface area contributed by atoms with Gasteiger partial charge in [0.25, 0.3) is 0 Å². The molecule has 1 N–H and O–H groups in total. The van der Waals surface area contributed by atoms with E-state index >= 15 is 0 Å². The van der Waals surface area contributed by atoms with Gasteiger partial charge in [-0.1, -0.05) is 0 Å². The highest BCUT2D eigenvalue weighted by atomic mass is 16.5. The van der Waals surface area contributed by atoms with Crippen molar-refractivity contribution in [2.45, 2.75) is 19.9 Å². The number of nitrogens with one attached hydrogen (secondary N) is 1. The van der Waals surface area contributed by atoms with Gasteiger partial charge in [-0.05, 0) is 26.0 Å². The number of hydrogen-bond donors (Lipinski definition) is 1. The summed E-state index contributed by atoms with van der Waals surface area (Å²) in [6, 6.07) is 3.36. The number of aromatic nitrogens is 4. The lowest BCUT2D eigenvalue weighted by Crippen LogP contribution is -2.28. The Hall–Kier alpha value is -2.44. The molecular weight excluding hydrogens is 246 g/mol. The summed E-state index contributed by atoms with van der Waals surface area (Å²) in [4.78, 5) is 19.6. The fourth-order valence-corrected chi connectivity index (χ4v) is 1.68. The molecule has 2 rings (SSSR count). The molecule has 0 saturated carbocycles.